The first-order valence-corrected chi connectivity index (χ1v) is 11.8. The molecule has 28 heavy (non-hydrogen) atoms. The molecule has 2 atom stereocenters. The predicted molar refractivity (Wildman–Crippen MR) is 122 cm³/mol. The van der Waals surface area contributed by atoms with Crippen molar-refractivity contribution in [3.05, 3.63) is 12.7 Å². The third-order valence-electron chi connectivity index (χ3n) is 6.74. The molecule has 2 unspecified atom stereocenters. The van der Waals surface area contributed by atoms with Crippen molar-refractivity contribution in [2.45, 2.75) is 99.8 Å². The molecule has 3 heteroatoms. The van der Waals surface area contributed by atoms with Crippen molar-refractivity contribution in [3.8, 4) is 0 Å². The van der Waals surface area contributed by atoms with Crippen LogP contribution in [0.2, 0.25) is 0 Å². The van der Waals surface area contributed by atoms with E-state index in [9.17, 15) is 4.79 Å². The van der Waals surface area contributed by atoms with Crippen LogP contribution < -0.4 is 0 Å². The maximum Gasteiger partial charge on any atom is 0.330 e. The lowest BCUT2D eigenvalue weighted by atomic mass is 9.69. The van der Waals surface area contributed by atoms with Gasteiger partial charge in [-0.3, -0.25) is 0 Å². The summed E-state index contributed by atoms with van der Waals surface area (Å²) in [6.07, 6.45) is 11.1. The second-order valence-corrected chi connectivity index (χ2v) is 9.91. The smallest absolute Gasteiger partial charge is 0.330 e. The van der Waals surface area contributed by atoms with Gasteiger partial charge in [-0.1, -0.05) is 61.0 Å². The van der Waals surface area contributed by atoms with Crippen LogP contribution in [-0.4, -0.2) is 43.2 Å². The monoisotopic (exact) mass is 396 g/mol. The molecule has 0 aliphatic carbocycles. The van der Waals surface area contributed by atoms with E-state index in [0.717, 1.165) is 6.42 Å². The first-order chi connectivity index (χ1) is 13.1. The number of rotatable bonds is 17. The zero-order chi connectivity index (χ0) is 21.7. The van der Waals surface area contributed by atoms with Gasteiger partial charge in [-0.15, -0.1) is 0 Å². The largest absolute Gasteiger partial charge is 0.463 e. The minimum absolute atomic E-state index is 0.168. The molecule has 0 spiro atoms. The van der Waals surface area contributed by atoms with Crippen LogP contribution in [0.15, 0.2) is 12.7 Å². The number of hydrogen-bond donors (Lipinski definition) is 0. The van der Waals surface area contributed by atoms with Crippen molar-refractivity contribution in [3.63, 3.8) is 0 Å². The number of ether oxygens (including phenoxy) is 1. The Bertz CT molecular complexity index is 446. The van der Waals surface area contributed by atoms with E-state index in [1.54, 1.807) is 0 Å². The Labute approximate surface area is 176 Å². The number of carbonyl (C=O) groups excluding carboxylic acids is 1. The zero-order valence-electron chi connectivity index (χ0n) is 20.2. The number of carbonyl (C=O) groups is 1. The van der Waals surface area contributed by atoms with E-state index >= 15 is 0 Å². The van der Waals surface area contributed by atoms with Gasteiger partial charge in [0.05, 0.1) is 32.8 Å². The number of esters is 1. The summed E-state index contributed by atoms with van der Waals surface area (Å²) < 4.78 is 6.51. The Morgan fingerprint density at radius 2 is 1.64 bits per heavy atom. The number of nitrogens with zero attached hydrogens (tertiary/aromatic N) is 1. The highest BCUT2D eigenvalue weighted by Crippen LogP contribution is 2.41. The summed E-state index contributed by atoms with van der Waals surface area (Å²) in [5.41, 5.74) is 0.504. The van der Waals surface area contributed by atoms with Gasteiger partial charge in [0.15, 0.2) is 0 Å². The van der Waals surface area contributed by atoms with Crippen molar-refractivity contribution >= 4 is 5.97 Å². The van der Waals surface area contributed by atoms with Crippen LogP contribution in [0.5, 0.6) is 0 Å². The Morgan fingerprint density at radius 3 is 2.14 bits per heavy atom. The molecule has 0 aromatic rings. The fourth-order valence-corrected chi connectivity index (χ4v) is 4.61. The van der Waals surface area contributed by atoms with E-state index in [1.807, 2.05) is 0 Å². The number of hydrogen-bond acceptors (Lipinski definition) is 2. The lowest BCUT2D eigenvalue weighted by Gasteiger charge is -2.43. The molecule has 0 saturated carbocycles. The van der Waals surface area contributed by atoms with Crippen LogP contribution in [0, 0.1) is 10.8 Å². The van der Waals surface area contributed by atoms with Crippen LogP contribution in [0.3, 0.4) is 0 Å². The van der Waals surface area contributed by atoms with Crippen molar-refractivity contribution in [1.82, 2.24) is 0 Å². The maximum atomic E-state index is 11.3. The molecule has 0 fully saturated rings. The molecule has 166 valence electrons. The van der Waals surface area contributed by atoms with Gasteiger partial charge in [-0.25, -0.2) is 4.79 Å². The first-order valence-electron chi connectivity index (χ1n) is 11.8. The molecule has 0 heterocycles. The van der Waals surface area contributed by atoms with Gasteiger partial charge >= 0.3 is 5.97 Å². The van der Waals surface area contributed by atoms with Crippen LogP contribution in [-0.2, 0) is 9.53 Å². The summed E-state index contributed by atoms with van der Waals surface area (Å²) in [7, 11) is 0. The summed E-state index contributed by atoms with van der Waals surface area (Å²) >= 11 is 0. The van der Waals surface area contributed by atoms with Gasteiger partial charge in [-0.05, 0) is 49.9 Å². The van der Waals surface area contributed by atoms with E-state index in [1.165, 1.54) is 81.7 Å². The lowest BCUT2D eigenvalue weighted by Crippen LogP contribution is -2.51. The first kappa shape index (κ1) is 27.2. The van der Waals surface area contributed by atoms with E-state index < -0.39 is 0 Å². The van der Waals surface area contributed by atoms with Gasteiger partial charge in [-0.2, -0.15) is 0 Å². The lowest BCUT2D eigenvalue weighted by molar-refractivity contribution is -0.927. The van der Waals surface area contributed by atoms with Crippen molar-refractivity contribution < 1.29 is 14.0 Å². The second kappa shape index (κ2) is 13.4. The highest BCUT2D eigenvalue weighted by Gasteiger charge is 2.34. The Balaban J connectivity index is 4.93. The van der Waals surface area contributed by atoms with Crippen molar-refractivity contribution in [2.24, 2.45) is 10.8 Å². The third kappa shape index (κ3) is 10.6. The van der Waals surface area contributed by atoms with Crippen LogP contribution >= 0.6 is 0 Å². The fraction of sp³-hybridized carbons (Fsp3) is 0.880. The molecule has 0 aliphatic heterocycles. The summed E-state index contributed by atoms with van der Waals surface area (Å²) in [4.78, 5) is 11.3. The molecule has 3 nitrogen and oxygen atoms in total. The molecule has 0 radical (unpaired) electrons. The number of unbranched alkanes of at least 4 members (excludes halogenated alkanes) is 2. The average molecular weight is 397 g/mol. The molecule has 0 aliphatic rings. The minimum atomic E-state index is -0.314. The molecular formula is C25H50NO2+. The summed E-state index contributed by atoms with van der Waals surface area (Å²) in [5.74, 6) is -0.314. The Kier molecular flexibility index (Phi) is 13.0. The van der Waals surface area contributed by atoms with Crippen LogP contribution in [0.25, 0.3) is 0 Å². The predicted octanol–water partition coefficient (Wildman–Crippen LogP) is 6.77. The van der Waals surface area contributed by atoms with E-state index in [4.69, 9.17) is 4.74 Å². The van der Waals surface area contributed by atoms with Gasteiger partial charge in [0.25, 0.3) is 0 Å². The molecular weight excluding hydrogens is 346 g/mol. The summed E-state index contributed by atoms with van der Waals surface area (Å²) in [5, 5.41) is 0. The molecule has 0 aromatic carbocycles. The third-order valence-corrected chi connectivity index (χ3v) is 6.74. The highest BCUT2D eigenvalue weighted by molar-refractivity contribution is 5.81. The molecule has 0 rings (SSSR count). The van der Waals surface area contributed by atoms with E-state index in [2.05, 4.69) is 55.0 Å². The molecule has 0 saturated heterocycles. The van der Waals surface area contributed by atoms with Gasteiger partial charge < -0.3 is 9.22 Å². The van der Waals surface area contributed by atoms with Gasteiger partial charge in [0.1, 0.15) is 0 Å². The quantitative estimate of drug-likeness (QED) is 0.117. The second-order valence-electron chi connectivity index (χ2n) is 9.91. The van der Waals surface area contributed by atoms with E-state index in [-0.39, 0.29) is 11.4 Å². The number of quaternary nitrogens is 1. The normalized spacial score (nSPS) is 16.2. The Hall–Kier alpha value is -0.830. The summed E-state index contributed by atoms with van der Waals surface area (Å²) in [6, 6.07) is 0. The SMILES string of the molecule is C=CC(=O)OCCC(C)(C)CC(C)(CC)CC[N+](CC)(CCC)CCCCC. The van der Waals surface area contributed by atoms with Gasteiger partial charge in [0, 0.05) is 12.5 Å². The summed E-state index contributed by atoms with van der Waals surface area (Å²) in [6.45, 7) is 25.6. The highest BCUT2D eigenvalue weighted by atomic mass is 16.5. The zero-order valence-corrected chi connectivity index (χ0v) is 20.2. The standard InChI is InChI=1S/C25H50NO2/c1-9-14-15-19-26(13-5,18-10-2)20-16-25(8,12-4)22-24(6,7)17-21-28-23(27)11-3/h11H,3,9-10,12-22H2,1-2,4-8H3/q+1. The molecule has 0 amide bonds. The Morgan fingerprint density at radius 1 is 0.964 bits per heavy atom. The minimum Gasteiger partial charge on any atom is -0.463 e. The average Bonchev–Trinajstić information content (AvgIpc) is 2.65. The molecule has 0 bridgehead atoms. The molecule has 0 aromatic heterocycles. The van der Waals surface area contributed by atoms with Gasteiger partial charge in [0.2, 0.25) is 0 Å². The van der Waals surface area contributed by atoms with Crippen LogP contribution in [0.1, 0.15) is 99.8 Å². The maximum absolute atomic E-state index is 11.3. The van der Waals surface area contributed by atoms with Crippen molar-refractivity contribution in [2.75, 3.05) is 32.8 Å². The van der Waals surface area contributed by atoms with E-state index in [0.29, 0.717) is 12.0 Å². The van der Waals surface area contributed by atoms with Crippen LogP contribution in [0.4, 0.5) is 0 Å². The van der Waals surface area contributed by atoms with Crippen molar-refractivity contribution in [1.29, 1.82) is 0 Å². The fourth-order valence-electron chi connectivity index (χ4n) is 4.61. The molecule has 0 N–H and O–H groups in total. The topological polar surface area (TPSA) is 26.3 Å².